The Morgan fingerprint density at radius 2 is 1.97 bits per heavy atom. The van der Waals surface area contributed by atoms with Crippen LogP contribution in [0.5, 0.6) is 0 Å². The quantitative estimate of drug-likeness (QED) is 0.706. The molecule has 0 saturated carbocycles. The predicted molar refractivity (Wildman–Crippen MR) is 126 cm³/mol. The first-order valence-corrected chi connectivity index (χ1v) is 12.3. The van der Waals surface area contributed by atoms with Gasteiger partial charge in [-0.1, -0.05) is 17.7 Å². The van der Waals surface area contributed by atoms with Crippen LogP contribution in [-0.2, 0) is 14.3 Å². The molecule has 0 bridgehead atoms. The van der Waals surface area contributed by atoms with Crippen molar-refractivity contribution in [2.45, 2.75) is 57.1 Å². The Labute approximate surface area is 200 Å². The molecule has 0 aromatic heterocycles. The van der Waals surface area contributed by atoms with E-state index in [1.54, 1.807) is 41.0 Å². The predicted octanol–water partition coefficient (Wildman–Crippen LogP) is 3.36. The van der Waals surface area contributed by atoms with Crippen molar-refractivity contribution >= 4 is 35.1 Å². The lowest BCUT2D eigenvalue weighted by Gasteiger charge is -2.39. The van der Waals surface area contributed by atoms with Gasteiger partial charge in [-0.2, -0.15) is 0 Å². The van der Waals surface area contributed by atoms with Crippen molar-refractivity contribution in [2.24, 2.45) is 0 Å². The molecule has 3 aliphatic heterocycles. The van der Waals surface area contributed by atoms with Crippen molar-refractivity contribution in [2.75, 3.05) is 44.6 Å². The number of hydrogen-bond acceptors (Lipinski definition) is 4. The van der Waals surface area contributed by atoms with Crippen LogP contribution in [0.1, 0.15) is 45.4 Å². The van der Waals surface area contributed by atoms with Gasteiger partial charge in [0.25, 0.3) is 0 Å². The Balaban J connectivity index is 1.20. The molecule has 33 heavy (non-hydrogen) atoms. The summed E-state index contributed by atoms with van der Waals surface area (Å²) in [6, 6.07) is 6.05. The molecular formula is C24H33ClN4O4. The molecule has 1 N–H and O–H groups in total. The Kier molecular flexibility index (Phi) is 7.44. The normalized spacial score (nSPS) is 22.7. The average Bonchev–Trinajstić information content (AvgIpc) is 3.25. The largest absolute Gasteiger partial charge is 0.375 e. The molecule has 1 aromatic rings. The summed E-state index contributed by atoms with van der Waals surface area (Å²) in [6.07, 6.45) is 5.14. The van der Waals surface area contributed by atoms with E-state index >= 15 is 0 Å². The molecule has 8 nitrogen and oxygen atoms in total. The van der Waals surface area contributed by atoms with Crippen LogP contribution in [0.2, 0.25) is 5.02 Å². The Morgan fingerprint density at radius 1 is 1.18 bits per heavy atom. The van der Waals surface area contributed by atoms with Crippen LogP contribution < -0.4 is 5.32 Å². The number of piperazine rings is 1. The Morgan fingerprint density at radius 3 is 2.67 bits per heavy atom. The summed E-state index contributed by atoms with van der Waals surface area (Å²) in [5.74, 6) is 0.0659. The zero-order chi connectivity index (χ0) is 23.4. The minimum absolute atomic E-state index is 0.0120. The van der Waals surface area contributed by atoms with E-state index in [2.05, 4.69) is 5.32 Å². The van der Waals surface area contributed by atoms with Crippen molar-refractivity contribution in [1.29, 1.82) is 0 Å². The van der Waals surface area contributed by atoms with Crippen LogP contribution in [0.15, 0.2) is 24.3 Å². The number of nitrogens with one attached hydrogen (secondary N) is 1. The molecule has 3 saturated heterocycles. The fourth-order valence-corrected chi connectivity index (χ4v) is 5.27. The topological polar surface area (TPSA) is 82.2 Å². The molecule has 1 spiro atoms. The SMILES string of the molecule is C[C@H]1C(=O)N(CCCC(=O)N2CCC3(CCCO3)CC2)CCN1C(=O)Nc1cccc(Cl)c1. The van der Waals surface area contributed by atoms with Gasteiger partial charge >= 0.3 is 6.03 Å². The van der Waals surface area contributed by atoms with Gasteiger partial charge in [0.2, 0.25) is 11.8 Å². The number of carbonyl (C=O) groups excluding carboxylic acids is 3. The minimum Gasteiger partial charge on any atom is -0.375 e. The highest BCUT2D eigenvalue weighted by Gasteiger charge is 2.39. The Hall–Kier alpha value is -2.32. The maximum atomic E-state index is 12.8. The van der Waals surface area contributed by atoms with Crippen LogP contribution in [0.4, 0.5) is 10.5 Å². The van der Waals surface area contributed by atoms with Crippen LogP contribution in [0, 0.1) is 0 Å². The molecule has 9 heteroatoms. The van der Waals surface area contributed by atoms with E-state index in [0.717, 1.165) is 45.4 Å². The third kappa shape index (κ3) is 5.61. The number of halogens is 1. The van der Waals surface area contributed by atoms with E-state index in [1.807, 2.05) is 4.90 Å². The van der Waals surface area contributed by atoms with Gasteiger partial charge in [-0.25, -0.2) is 4.79 Å². The summed E-state index contributed by atoms with van der Waals surface area (Å²) in [6.45, 7) is 5.54. The van der Waals surface area contributed by atoms with Gasteiger partial charge < -0.3 is 24.8 Å². The maximum Gasteiger partial charge on any atom is 0.322 e. The summed E-state index contributed by atoms with van der Waals surface area (Å²) in [7, 11) is 0. The van der Waals surface area contributed by atoms with Crippen LogP contribution in [-0.4, -0.2) is 83.5 Å². The lowest BCUT2D eigenvalue weighted by Crippen LogP contribution is -2.58. The molecule has 4 amide bonds. The van der Waals surface area contributed by atoms with Crippen molar-refractivity contribution in [1.82, 2.24) is 14.7 Å². The van der Waals surface area contributed by atoms with E-state index in [9.17, 15) is 14.4 Å². The lowest BCUT2D eigenvalue weighted by molar-refractivity contribution is -0.140. The molecule has 0 unspecified atom stereocenters. The second-order valence-electron chi connectivity index (χ2n) is 9.25. The summed E-state index contributed by atoms with van der Waals surface area (Å²) in [5.41, 5.74) is 0.606. The highest BCUT2D eigenvalue weighted by molar-refractivity contribution is 6.30. The van der Waals surface area contributed by atoms with Gasteiger partial charge in [0.15, 0.2) is 0 Å². The number of likely N-dealkylation sites (tertiary alicyclic amines) is 1. The van der Waals surface area contributed by atoms with E-state index in [4.69, 9.17) is 16.3 Å². The first-order valence-electron chi connectivity index (χ1n) is 11.9. The molecule has 3 aliphatic rings. The molecule has 0 aliphatic carbocycles. The molecule has 0 radical (unpaired) electrons. The van der Waals surface area contributed by atoms with Crippen molar-refractivity contribution in [3.63, 3.8) is 0 Å². The smallest absolute Gasteiger partial charge is 0.322 e. The number of carbonyl (C=O) groups is 3. The number of benzene rings is 1. The van der Waals surface area contributed by atoms with E-state index < -0.39 is 6.04 Å². The first kappa shape index (κ1) is 23.8. The summed E-state index contributed by atoms with van der Waals surface area (Å²) >= 11 is 5.98. The number of anilines is 1. The van der Waals surface area contributed by atoms with Gasteiger partial charge in [0, 0.05) is 56.5 Å². The summed E-state index contributed by atoms with van der Waals surface area (Å²) in [4.78, 5) is 43.4. The number of rotatable bonds is 5. The molecule has 3 heterocycles. The number of ether oxygens (including phenoxy) is 1. The minimum atomic E-state index is -0.557. The van der Waals surface area contributed by atoms with E-state index in [-0.39, 0.29) is 23.4 Å². The van der Waals surface area contributed by atoms with Crippen LogP contribution in [0.3, 0.4) is 0 Å². The third-order valence-corrected chi connectivity index (χ3v) is 7.35. The fourth-order valence-electron chi connectivity index (χ4n) is 5.08. The molecule has 180 valence electrons. The molecule has 3 fully saturated rings. The number of hydrogen-bond donors (Lipinski definition) is 1. The number of nitrogens with zero attached hydrogens (tertiary/aromatic N) is 3. The monoisotopic (exact) mass is 476 g/mol. The van der Waals surface area contributed by atoms with Crippen molar-refractivity contribution in [3.05, 3.63) is 29.3 Å². The van der Waals surface area contributed by atoms with Gasteiger partial charge in [-0.15, -0.1) is 0 Å². The van der Waals surface area contributed by atoms with Crippen LogP contribution >= 0.6 is 11.6 Å². The molecule has 1 aromatic carbocycles. The van der Waals surface area contributed by atoms with Gasteiger partial charge in [-0.05, 0) is 57.2 Å². The van der Waals surface area contributed by atoms with Gasteiger partial charge in [-0.3, -0.25) is 9.59 Å². The maximum absolute atomic E-state index is 12.8. The summed E-state index contributed by atoms with van der Waals surface area (Å²) < 4.78 is 5.94. The van der Waals surface area contributed by atoms with Crippen LogP contribution in [0.25, 0.3) is 0 Å². The van der Waals surface area contributed by atoms with Gasteiger partial charge in [0.1, 0.15) is 6.04 Å². The second kappa shape index (κ2) is 10.3. The zero-order valence-corrected chi connectivity index (χ0v) is 20.0. The zero-order valence-electron chi connectivity index (χ0n) is 19.2. The number of amides is 4. The van der Waals surface area contributed by atoms with E-state index in [1.165, 1.54) is 0 Å². The average molecular weight is 477 g/mol. The van der Waals surface area contributed by atoms with Crippen molar-refractivity contribution < 1.29 is 19.1 Å². The highest BCUT2D eigenvalue weighted by atomic mass is 35.5. The summed E-state index contributed by atoms with van der Waals surface area (Å²) in [5, 5.41) is 3.34. The number of urea groups is 1. The molecule has 1 atom stereocenters. The molecule has 4 rings (SSSR count). The first-order chi connectivity index (χ1) is 15.9. The van der Waals surface area contributed by atoms with Gasteiger partial charge in [0.05, 0.1) is 5.60 Å². The van der Waals surface area contributed by atoms with Crippen molar-refractivity contribution in [3.8, 4) is 0 Å². The third-order valence-electron chi connectivity index (χ3n) is 7.12. The Bertz CT molecular complexity index is 879. The molecular weight excluding hydrogens is 444 g/mol. The second-order valence-corrected chi connectivity index (χ2v) is 9.69. The number of piperidine rings is 1. The fraction of sp³-hybridized carbons (Fsp3) is 0.625. The van der Waals surface area contributed by atoms with E-state index in [0.29, 0.717) is 43.2 Å². The highest BCUT2D eigenvalue weighted by Crippen LogP contribution is 2.35. The lowest BCUT2D eigenvalue weighted by atomic mass is 9.88. The standard InChI is InChI=1S/C24H33ClN4O4/c1-18-22(31)28(14-15-29(18)23(32)26-20-6-2-5-19(25)17-20)11-3-7-21(30)27-12-9-24(10-13-27)8-4-16-33-24/h2,5-6,17-18H,3-4,7-16H2,1H3,(H,26,32)/t18-/m0/s1.